The second kappa shape index (κ2) is 7.15. The van der Waals surface area contributed by atoms with Crippen LogP contribution in [0.4, 0.5) is 10.6 Å². The molecule has 2 aromatic heterocycles. The Hall–Kier alpha value is -1.89. The maximum atomic E-state index is 11.9. The lowest BCUT2D eigenvalue weighted by atomic mass is 9.86. The average molecular weight is 359 g/mol. The second-order valence-corrected chi connectivity index (χ2v) is 8.02. The number of piperidine rings is 1. The van der Waals surface area contributed by atoms with Crippen LogP contribution in [0.25, 0.3) is 10.2 Å². The normalized spacial score (nSPS) is 23.0. The minimum absolute atomic E-state index is 0.245. The van der Waals surface area contributed by atoms with Crippen molar-refractivity contribution in [1.29, 1.82) is 0 Å². The number of amides is 2. The van der Waals surface area contributed by atoms with E-state index in [1.807, 2.05) is 11.0 Å². The zero-order valence-electron chi connectivity index (χ0n) is 14.4. The Kier molecular flexibility index (Phi) is 4.74. The molecule has 25 heavy (non-hydrogen) atoms. The third-order valence-electron chi connectivity index (χ3n) is 5.69. The van der Waals surface area contributed by atoms with Crippen molar-refractivity contribution in [3.63, 3.8) is 0 Å². The number of hydrogen-bond acceptors (Lipinski definition) is 5. The minimum atomic E-state index is -0.245. The van der Waals surface area contributed by atoms with Gasteiger partial charge in [-0.2, -0.15) is 0 Å². The number of fused-ring (bicyclic) bond motifs is 1. The van der Waals surface area contributed by atoms with E-state index in [9.17, 15) is 4.79 Å². The maximum absolute atomic E-state index is 11.9. The molecule has 4 rings (SSSR count). The highest BCUT2D eigenvalue weighted by Gasteiger charge is 2.33. The monoisotopic (exact) mass is 359 g/mol. The summed E-state index contributed by atoms with van der Waals surface area (Å²) in [5, 5.41) is 2.08. The van der Waals surface area contributed by atoms with Crippen molar-refractivity contribution in [3.8, 4) is 0 Å². The largest absolute Gasteiger partial charge is 0.355 e. The molecule has 134 valence electrons. The number of rotatable bonds is 2. The lowest BCUT2D eigenvalue weighted by molar-refractivity contribution is 0.143. The zero-order valence-corrected chi connectivity index (χ0v) is 15.2. The van der Waals surface area contributed by atoms with E-state index in [4.69, 9.17) is 5.73 Å². The minimum Gasteiger partial charge on any atom is -0.355 e. The van der Waals surface area contributed by atoms with Crippen molar-refractivity contribution in [2.75, 3.05) is 24.5 Å². The van der Waals surface area contributed by atoms with Gasteiger partial charge in [-0.1, -0.05) is 12.8 Å². The number of aromatic nitrogens is 2. The molecule has 0 saturated carbocycles. The van der Waals surface area contributed by atoms with E-state index in [0.29, 0.717) is 12.0 Å². The van der Waals surface area contributed by atoms with Crippen LogP contribution in [0.2, 0.25) is 0 Å². The van der Waals surface area contributed by atoms with E-state index in [-0.39, 0.29) is 6.03 Å². The highest BCUT2D eigenvalue weighted by Crippen LogP contribution is 2.34. The van der Waals surface area contributed by atoms with Gasteiger partial charge in [0.25, 0.3) is 0 Å². The van der Waals surface area contributed by atoms with E-state index in [0.717, 1.165) is 56.7 Å². The van der Waals surface area contributed by atoms with E-state index in [1.54, 1.807) is 17.7 Å². The van der Waals surface area contributed by atoms with Gasteiger partial charge in [0.05, 0.1) is 10.2 Å². The lowest BCUT2D eigenvalue weighted by Crippen LogP contribution is -2.49. The predicted octanol–water partition coefficient (Wildman–Crippen LogP) is 3.23. The standard InChI is InChI=1S/C18H25N5OS/c19-18(24)23-8-3-1-2-4-15(23)13-5-9-22(10-6-13)17-16-14(7-11-25-16)20-12-21-17/h7,11-13,15H,1-6,8-10H2,(H2,19,24). The van der Waals surface area contributed by atoms with Crippen LogP contribution in [0.15, 0.2) is 17.8 Å². The number of primary amides is 1. The summed E-state index contributed by atoms with van der Waals surface area (Å²) in [6, 6.07) is 2.12. The maximum Gasteiger partial charge on any atom is 0.315 e. The fourth-order valence-electron chi connectivity index (χ4n) is 4.40. The topological polar surface area (TPSA) is 75.4 Å². The molecule has 0 bridgehead atoms. The highest BCUT2D eigenvalue weighted by molar-refractivity contribution is 7.17. The third-order valence-corrected chi connectivity index (χ3v) is 6.59. The van der Waals surface area contributed by atoms with Crippen LogP contribution in [-0.2, 0) is 0 Å². The molecule has 0 spiro atoms. The van der Waals surface area contributed by atoms with Crippen molar-refractivity contribution in [2.45, 2.75) is 44.6 Å². The molecule has 2 aromatic rings. The summed E-state index contributed by atoms with van der Waals surface area (Å²) >= 11 is 1.71. The van der Waals surface area contributed by atoms with Gasteiger partial charge < -0.3 is 15.5 Å². The number of nitrogens with zero attached hydrogens (tertiary/aromatic N) is 4. The molecule has 0 aliphatic carbocycles. The molecule has 7 heteroatoms. The van der Waals surface area contributed by atoms with Gasteiger partial charge in [0.2, 0.25) is 0 Å². The first-order chi connectivity index (χ1) is 12.2. The van der Waals surface area contributed by atoms with Gasteiger partial charge in [-0.3, -0.25) is 0 Å². The molecule has 2 aliphatic heterocycles. The van der Waals surface area contributed by atoms with Crippen LogP contribution in [-0.4, -0.2) is 46.6 Å². The van der Waals surface area contributed by atoms with Crippen molar-refractivity contribution in [1.82, 2.24) is 14.9 Å². The lowest BCUT2D eigenvalue weighted by Gasteiger charge is -2.40. The Labute approximate surface area is 152 Å². The first kappa shape index (κ1) is 16.6. The first-order valence-corrected chi connectivity index (χ1v) is 10.1. The van der Waals surface area contributed by atoms with Crippen LogP contribution in [0, 0.1) is 5.92 Å². The Bertz CT molecular complexity index is 740. The molecule has 2 fully saturated rings. The van der Waals surface area contributed by atoms with Crippen LogP contribution in [0.3, 0.4) is 0 Å². The summed E-state index contributed by atoms with van der Waals surface area (Å²) in [7, 11) is 0. The smallest absolute Gasteiger partial charge is 0.315 e. The van der Waals surface area contributed by atoms with Gasteiger partial charge >= 0.3 is 6.03 Å². The Morgan fingerprint density at radius 2 is 1.96 bits per heavy atom. The fraction of sp³-hybridized carbons (Fsp3) is 0.611. The zero-order chi connectivity index (χ0) is 17.2. The van der Waals surface area contributed by atoms with E-state index in [2.05, 4.69) is 20.2 Å². The molecule has 1 atom stereocenters. The van der Waals surface area contributed by atoms with Crippen LogP contribution >= 0.6 is 11.3 Å². The summed E-state index contributed by atoms with van der Waals surface area (Å²) in [4.78, 5) is 25.1. The molecular formula is C18H25N5OS. The van der Waals surface area contributed by atoms with Crippen LogP contribution in [0.5, 0.6) is 0 Å². The van der Waals surface area contributed by atoms with Gasteiger partial charge in [-0.05, 0) is 43.0 Å². The number of anilines is 1. The van der Waals surface area contributed by atoms with Crippen molar-refractivity contribution < 1.29 is 4.79 Å². The summed E-state index contributed by atoms with van der Waals surface area (Å²) < 4.78 is 1.18. The molecule has 0 radical (unpaired) electrons. The number of nitrogens with two attached hydrogens (primary N) is 1. The number of urea groups is 1. The Morgan fingerprint density at radius 3 is 2.76 bits per heavy atom. The SMILES string of the molecule is NC(=O)N1CCCCCC1C1CCN(c2ncnc3ccsc23)CC1. The van der Waals surface area contributed by atoms with Crippen molar-refractivity contribution >= 4 is 33.4 Å². The van der Waals surface area contributed by atoms with Gasteiger partial charge in [0, 0.05) is 25.7 Å². The predicted molar refractivity (Wildman–Crippen MR) is 101 cm³/mol. The summed E-state index contributed by atoms with van der Waals surface area (Å²) in [5.74, 6) is 1.61. The Morgan fingerprint density at radius 1 is 1.12 bits per heavy atom. The molecule has 2 N–H and O–H groups in total. The number of likely N-dealkylation sites (tertiary alicyclic amines) is 1. The van der Waals surface area contributed by atoms with Gasteiger partial charge in [-0.15, -0.1) is 11.3 Å². The molecular weight excluding hydrogens is 334 g/mol. The molecule has 6 nitrogen and oxygen atoms in total. The summed E-state index contributed by atoms with van der Waals surface area (Å²) in [5.41, 5.74) is 6.69. The van der Waals surface area contributed by atoms with Crippen molar-refractivity contribution in [2.24, 2.45) is 11.7 Å². The molecule has 2 saturated heterocycles. The molecule has 4 heterocycles. The molecule has 0 aromatic carbocycles. The third kappa shape index (κ3) is 3.29. The number of carbonyl (C=O) groups is 1. The quantitative estimate of drug-likeness (QED) is 0.893. The average Bonchev–Trinajstić information content (AvgIpc) is 2.97. The first-order valence-electron chi connectivity index (χ1n) is 9.23. The number of carbonyl (C=O) groups excluding carboxylic acids is 1. The fourth-order valence-corrected chi connectivity index (χ4v) is 5.26. The van der Waals surface area contributed by atoms with Gasteiger partial charge in [0.15, 0.2) is 0 Å². The van der Waals surface area contributed by atoms with Crippen LogP contribution < -0.4 is 10.6 Å². The van der Waals surface area contributed by atoms with E-state index < -0.39 is 0 Å². The second-order valence-electron chi connectivity index (χ2n) is 7.11. The highest BCUT2D eigenvalue weighted by atomic mass is 32.1. The van der Waals surface area contributed by atoms with Gasteiger partial charge in [0.1, 0.15) is 12.1 Å². The van der Waals surface area contributed by atoms with E-state index in [1.165, 1.54) is 17.5 Å². The van der Waals surface area contributed by atoms with Crippen molar-refractivity contribution in [3.05, 3.63) is 17.8 Å². The number of thiophene rings is 1. The van der Waals surface area contributed by atoms with E-state index >= 15 is 0 Å². The Balaban J connectivity index is 1.47. The molecule has 2 aliphatic rings. The van der Waals surface area contributed by atoms with Gasteiger partial charge in [-0.25, -0.2) is 14.8 Å². The number of hydrogen-bond donors (Lipinski definition) is 1. The molecule has 1 unspecified atom stereocenters. The van der Waals surface area contributed by atoms with Crippen LogP contribution in [0.1, 0.15) is 38.5 Å². The summed E-state index contributed by atoms with van der Waals surface area (Å²) in [6.07, 6.45) is 8.42. The summed E-state index contributed by atoms with van der Waals surface area (Å²) in [6.45, 7) is 2.79. The molecule has 2 amide bonds.